The Morgan fingerprint density at radius 3 is 2.74 bits per heavy atom. The monoisotopic (exact) mass is 287 g/mol. The molecule has 0 aliphatic heterocycles. The molecule has 0 radical (unpaired) electrons. The first-order valence-corrected chi connectivity index (χ1v) is 5.79. The average molecular weight is 287 g/mol. The Balaban J connectivity index is 3.03. The van der Waals surface area contributed by atoms with Gasteiger partial charge in [0, 0.05) is 4.90 Å². The molecule has 0 amide bonds. The molecular weight excluding hydrogens is 276 g/mol. The molecule has 0 bridgehead atoms. The van der Waals surface area contributed by atoms with Gasteiger partial charge in [-0.1, -0.05) is 0 Å². The summed E-state index contributed by atoms with van der Waals surface area (Å²) in [7, 11) is 0. The summed E-state index contributed by atoms with van der Waals surface area (Å²) >= 11 is 3.98. The maximum absolute atomic E-state index is 12.2. The second-order valence-electron chi connectivity index (χ2n) is 3.46. The van der Waals surface area contributed by atoms with Gasteiger partial charge in [0.25, 0.3) is 0 Å². The largest absolute Gasteiger partial charge is 0.466 e. The van der Waals surface area contributed by atoms with Gasteiger partial charge in [0.2, 0.25) is 0 Å². The minimum atomic E-state index is -3.05. The van der Waals surface area contributed by atoms with Crippen LogP contribution in [0.1, 0.15) is 18.1 Å². The second-order valence-corrected chi connectivity index (χ2v) is 3.95. The molecule has 102 valence electrons. The SMILES string of the molecule is CCOC(=O)Cc1cc(S)c(OC(F)F)c(C#N)c1. The third-order valence-corrected chi connectivity index (χ3v) is 2.44. The van der Waals surface area contributed by atoms with Gasteiger partial charge in [-0.15, -0.1) is 12.6 Å². The molecule has 1 rings (SSSR count). The van der Waals surface area contributed by atoms with Gasteiger partial charge in [-0.2, -0.15) is 14.0 Å². The Morgan fingerprint density at radius 1 is 1.53 bits per heavy atom. The zero-order chi connectivity index (χ0) is 14.4. The number of esters is 1. The number of thiol groups is 1. The van der Waals surface area contributed by atoms with E-state index in [-0.39, 0.29) is 29.2 Å². The number of hydrogen-bond donors (Lipinski definition) is 1. The second kappa shape index (κ2) is 6.95. The lowest BCUT2D eigenvalue weighted by Crippen LogP contribution is -2.09. The molecule has 0 N–H and O–H groups in total. The number of hydrogen-bond acceptors (Lipinski definition) is 5. The van der Waals surface area contributed by atoms with Crippen molar-refractivity contribution in [3.8, 4) is 11.8 Å². The number of nitriles is 1. The van der Waals surface area contributed by atoms with Gasteiger partial charge in [-0.05, 0) is 24.6 Å². The average Bonchev–Trinajstić information content (AvgIpc) is 2.32. The first-order chi connectivity index (χ1) is 8.97. The lowest BCUT2D eigenvalue weighted by atomic mass is 10.1. The van der Waals surface area contributed by atoms with Crippen LogP contribution in [0.4, 0.5) is 8.78 Å². The summed E-state index contributed by atoms with van der Waals surface area (Å²) in [6.07, 6.45) is -0.0644. The topological polar surface area (TPSA) is 59.3 Å². The molecule has 0 unspecified atom stereocenters. The van der Waals surface area contributed by atoms with E-state index >= 15 is 0 Å². The normalized spacial score (nSPS) is 10.1. The number of carbonyl (C=O) groups is 1. The number of ether oxygens (including phenoxy) is 2. The maximum atomic E-state index is 12.2. The molecule has 4 nitrogen and oxygen atoms in total. The molecule has 0 fully saturated rings. The predicted molar refractivity (Wildman–Crippen MR) is 65.4 cm³/mol. The van der Waals surface area contributed by atoms with E-state index in [9.17, 15) is 13.6 Å². The fourth-order valence-corrected chi connectivity index (χ4v) is 1.79. The Kier molecular flexibility index (Phi) is 5.57. The Labute approximate surface area is 114 Å². The molecule has 0 aliphatic carbocycles. The number of alkyl halides is 2. The number of carbonyl (C=O) groups excluding carboxylic acids is 1. The van der Waals surface area contributed by atoms with E-state index in [2.05, 4.69) is 17.4 Å². The van der Waals surface area contributed by atoms with Gasteiger partial charge < -0.3 is 9.47 Å². The highest BCUT2D eigenvalue weighted by atomic mass is 32.1. The Hall–Kier alpha value is -1.81. The van der Waals surface area contributed by atoms with E-state index in [1.165, 1.54) is 12.1 Å². The third kappa shape index (κ3) is 4.41. The van der Waals surface area contributed by atoms with Crippen LogP contribution in [0, 0.1) is 11.3 Å². The van der Waals surface area contributed by atoms with Crippen molar-refractivity contribution >= 4 is 18.6 Å². The van der Waals surface area contributed by atoms with Crippen LogP contribution < -0.4 is 4.74 Å². The third-order valence-electron chi connectivity index (χ3n) is 2.11. The zero-order valence-corrected chi connectivity index (χ0v) is 10.9. The number of benzene rings is 1. The number of rotatable bonds is 5. The van der Waals surface area contributed by atoms with Gasteiger partial charge in [0.1, 0.15) is 6.07 Å². The molecular formula is C12H11F2NO3S. The summed E-state index contributed by atoms with van der Waals surface area (Å²) in [6.45, 7) is -1.14. The molecule has 0 spiro atoms. The molecule has 1 aromatic rings. The van der Waals surface area contributed by atoms with Crippen LogP contribution in [-0.2, 0) is 16.0 Å². The van der Waals surface area contributed by atoms with Gasteiger partial charge in [-0.25, -0.2) is 0 Å². The summed E-state index contributed by atoms with van der Waals surface area (Å²) in [4.78, 5) is 11.4. The highest BCUT2D eigenvalue weighted by molar-refractivity contribution is 7.80. The molecule has 0 saturated heterocycles. The van der Waals surface area contributed by atoms with Crippen LogP contribution in [0.3, 0.4) is 0 Å². The molecule has 0 heterocycles. The summed E-state index contributed by atoms with van der Waals surface area (Å²) < 4.78 is 33.4. The first kappa shape index (κ1) is 15.2. The smallest absolute Gasteiger partial charge is 0.387 e. The fraction of sp³-hybridized carbons (Fsp3) is 0.333. The van der Waals surface area contributed by atoms with E-state index in [1.807, 2.05) is 0 Å². The van der Waals surface area contributed by atoms with Crippen LogP contribution in [-0.4, -0.2) is 19.2 Å². The van der Waals surface area contributed by atoms with Crippen molar-refractivity contribution in [3.05, 3.63) is 23.3 Å². The van der Waals surface area contributed by atoms with E-state index in [0.717, 1.165) is 0 Å². The van der Waals surface area contributed by atoms with Gasteiger partial charge in [0.05, 0.1) is 18.6 Å². The van der Waals surface area contributed by atoms with Crippen molar-refractivity contribution in [1.82, 2.24) is 0 Å². The summed E-state index contributed by atoms with van der Waals surface area (Å²) in [5.41, 5.74) is 0.341. The number of halogens is 2. The van der Waals surface area contributed by atoms with E-state index < -0.39 is 12.6 Å². The van der Waals surface area contributed by atoms with E-state index in [4.69, 9.17) is 10.00 Å². The summed E-state index contributed by atoms with van der Waals surface area (Å²) in [6, 6.07) is 4.42. The molecule has 1 aromatic carbocycles. The fourth-order valence-electron chi connectivity index (χ4n) is 1.45. The van der Waals surface area contributed by atoms with E-state index in [0.29, 0.717) is 5.56 Å². The van der Waals surface area contributed by atoms with Crippen molar-refractivity contribution in [2.45, 2.75) is 24.9 Å². The van der Waals surface area contributed by atoms with Crippen LogP contribution in [0.25, 0.3) is 0 Å². The van der Waals surface area contributed by atoms with Gasteiger partial charge in [0.15, 0.2) is 5.75 Å². The number of nitrogens with zero attached hydrogens (tertiary/aromatic N) is 1. The van der Waals surface area contributed by atoms with Gasteiger partial charge in [-0.3, -0.25) is 4.79 Å². The van der Waals surface area contributed by atoms with Crippen molar-refractivity contribution < 1.29 is 23.0 Å². The Bertz CT molecular complexity index is 514. The quantitative estimate of drug-likeness (QED) is 0.668. The molecule has 0 aliphatic rings. The van der Waals surface area contributed by atoms with Crippen LogP contribution in [0.2, 0.25) is 0 Å². The molecule has 0 atom stereocenters. The van der Waals surface area contributed by atoms with Crippen LogP contribution in [0.15, 0.2) is 17.0 Å². The van der Waals surface area contributed by atoms with E-state index in [1.54, 1.807) is 13.0 Å². The lowest BCUT2D eigenvalue weighted by molar-refractivity contribution is -0.142. The van der Waals surface area contributed by atoms with Crippen LogP contribution >= 0.6 is 12.6 Å². The predicted octanol–water partition coefficient (Wildman–Crippen LogP) is 2.55. The molecule has 19 heavy (non-hydrogen) atoms. The summed E-state index contributed by atoms with van der Waals surface area (Å²) in [5.74, 6) is -0.768. The first-order valence-electron chi connectivity index (χ1n) is 5.34. The lowest BCUT2D eigenvalue weighted by Gasteiger charge is -2.11. The molecule has 7 heteroatoms. The highest BCUT2D eigenvalue weighted by Crippen LogP contribution is 2.30. The maximum Gasteiger partial charge on any atom is 0.387 e. The van der Waals surface area contributed by atoms with Crippen LogP contribution in [0.5, 0.6) is 5.75 Å². The van der Waals surface area contributed by atoms with Crippen molar-refractivity contribution in [1.29, 1.82) is 5.26 Å². The van der Waals surface area contributed by atoms with Gasteiger partial charge >= 0.3 is 12.6 Å². The minimum absolute atomic E-state index is 0.0644. The molecule has 0 saturated carbocycles. The van der Waals surface area contributed by atoms with Crippen molar-refractivity contribution in [3.63, 3.8) is 0 Å². The standard InChI is InChI=1S/C12H11F2NO3S/c1-2-17-10(16)5-7-3-8(6-15)11(9(19)4-7)18-12(13)14/h3-4,12,19H,2,5H2,1H3. The zero-order valence-electron chi connectivity index (χ0n) is 10.0. The Morgan fingerprint density at radius 2 is 2.21 bits per heavy atom. The summed E-state index contributed by atoms with van der Waals surface area (Å²) in [5, 5.41) is 8.89. The highest BCUT2D eigenvalue weighted by Gasteiger charge is 2.16. The minimum Gasteiger partial charge on any atom is -0.466 e. The van der Waals surface area contributed by atoms with Crippen molar-refractivity contribution in [2.24, 2.45) is 0 Å². The van der Waals surface area contributed by atoms with Crippen molar-refractivity contribution in [2.75, 3.05) is 6.61 Å². The molecule has 0 aromatic heterocycles.